The van der Waals surface area contributed by atoms with E-state index in [1.54, 1.807) is 0 Å². The summed E-state index contributed by atoms with van der Waals surface area (Å²) < 4.78 is 0. The molecule has 0 saturated heterocycles. The summed E-state index contributed by atoms with van der Waals surface area (Å²) in [5.41, 5.74) is 7.68. The molecule has 1 unspecified atom stereocenters. The Bertz CT molecular complexity index is 774. The maximum atomic E-state index is 9.88. The average molecular weight is 275 g/mol. The van der Waals surface area contributed by atoms with Gasteiger partial charge in [-0.25, -0.2) is 0 Å². The van der Waals surface area contributed by atoms with Crippen LogP contribution in [-0.4, -0.2) is 16.7 Å². The number of rotatable bonds is 3. The van der Waals surface area contributed by atoms with Gasteiger partial charge in [-0.05, 0) is 46.4 Å². The minimum absolute atomic E-state index is 0.0178. The van der Waals surface area contributed by atoms with Crippen molar-refractivity contribution in [2.24, 2.45) is 0 Å². The molecule has 0 bridgehead atoms. The van der Waals surface area contributed by atoms with Gasteiger partial charge in [-0.3, -0.25) is 0 Å². The van der Waals surface area contributed by atoms with E-state index in [1.165, 1.54) is 27.8 Å². The third-order valence-corrected chi connectivity index (χ3v) is 4.44. The van der Waals surface area contributed by atoms with Gasteiger partial charge in [-0.15, -0.1) is 0 Å². The second-order valence-electron chi connectivity index (χ2n) is 5.57. The summed E-state index contributed by atoms with van der Waals surface area (Å²) in [6, 6.07) is 19.0. The molecule has 2 aromatic carbocycles. The largest absolute Gasteiger partial charge is 0.395 e. The van der Waals surface area contributed by atoms with E-state index in [4.69, 9.17) is 0 Å². The molecule has 0 spiro atoms. The summed E-state index contributed by atoms with van der Waals surface area (Å²) >= 11 is 0. The van der Waals surface area contributed by atoms with Gasteiger partial charge in [0.15, 0.2) is 0 Å². The third kappa shape index (κ3) is 1.91. The summed E-state index contributed by atoms with van der Waals surface area (Å²) in [4.78, 5) is 3.24. The van der Waals surface area contributed by atoms with Crippen LogP contribution in [0.3, 0.4) is 0 Å². The van der Waals surface area contributed by atoms with Gasteiger partial charge >= 0.3 is 0 Å². The van der Waals surface area contributed by atoms with Gasteiger partial charge in [0.25, 0.3) is 0 Å². The van der Waals surface area contributed by atoms with Gasteiger partial charge in [0.05, 0.1) is 6.61 Å². The van der Waals surface area contributed by atoms with E-state index in [0.717, 1.165) is 12.1 Å². The fourth-order valence-corrected chi connectivity index (χ4v) is 3.43. The maximum absolute atomic E-state index is 9.88. The normalized spacial score (nSPS) is 13.8. The molecule has 104 valence electrons. The van der Waals surface area contributed by atoms with Gasteiger partial charge in [-0.1, -0.05) is 42.5 Å². The zero-order valence-corrected chi connectivity index (χ0v) is 11.7. The predicted octanol–water partition coefficient (Wildman–Crippen LogP) is 3.71. The van der Waals surface area contributed by atoms with E-state index < -0.39 is 0 Å². The molecular formula is C19H17NO. The van der Waals surface area contributed by atoms with Crippen molar-refractivity contribution in [2.75, 3.05) is 6.61 Å². The Morgan fingerprint density at radius 2 is 1.81 bits per heavy atom. The standard InChI is InChI=1S/C19H17NO/c21-12-18(19-9-4-10-20-19)16-8-3-7-15-14-6-2-1-5-13(14)11-17(15)16/h1-10,18,20-21H,11-12H2. The lowest BCUT2D eigenvalue weighted by Gasteiger charge is -2.17. The summed E-state index contributed by atoms with van der Waals surface area (Å²) in [5.74, 6) is 0.0178. The SMILES string of the molecule is OCC(c1ccc[nH]1)c1cccc2c1Cc1ccccc1-2. The number of hydrogen-bond acceptors (Lipinski definition) is 1. The van der Waals surface area contributed by atoms with Crippen LogP contribution in [0.5, 0.6) is 0 Å². The van der Waals surface area contributed by atoms with E-state index in [2.05, 4.69) is 47.4 Å². The van der Waals surface area contributed by atoms with Gasteiger partial charge < -0.3 is 10.1 Å². The Labute approximate surface area is 124 Å². The number of H-pyrrole nitrogens is 1. The van der Waals surface area contributed by atoms with Crippen LogP contribution in [0.25, 0.3) is 11.1 Å². The second-order valence-corrected chi connectivity index (χ2v) is 5.57. The van der Waals surface area contributed by atoms with Gasteiger partial charge in [0, 0.05) is 17.8 Å². The highest BCUT2D eigenvalue weighted by Gasteiger charge is 2.25. The van der Waals surface area contributed by atoms with Crippen molar-refractivity contribution in [3.05, 3.63) is 83.2 Å². The average Bonchev–Trinajstić information content (AvgIpc) is 3.16. The molecule has 1 aromatic heterocycles. The molecule has 1 aliphatic rings. The van der Waals surface area contributed by atoms with Crippen molar-refractivity contribution in [3.8, 4) is 11.1 Å². The first-order valence-electron chi connectivity index (χ1n) is 7.32. The number of aromatic nitrogens is 1. The molecule has 2 N–H and O–H groups in total. The van der Waals surface area contributed by atoms with E-state index in [1.807, 2.05) is 18.3 Å². The van der Waals surface area contributed by atoms with Crippen molar-refractivity contribution in [1.29, 1.82) is 0 Å². The molecule has 1 aliphatic carbocycles. The van der Waals surface area contributed by atoms with E-state index in [-0.39, 0.29) is 12.5 Å². The molecule has 4 rings (SSSR count). The lowest BCUT2D eigenvalue weighted by Crippen LogP contribution is -2.09. The Hall–Kier alpha value is -2.32. The van der Waals surface area contributed by atoms with Crippen LogP contribution >= 0.6 is 0 Å². The molecule has 2 nitrogen and oxygen atoms in total. The van der Waals surface area contributed by atoms with Crippen LogP contribution in [0, 0.1) is 0 Å². The van der Waals surface area contributed by atoms with Crippen LogP contribution < -0.4 is 0 Å². The summed E-state index contributed by atoms with van der Waals surface area (Å²) in [6.45, 7) is 0.118. The van der Waals surface area contributed by atoms with Gasteiger partial charge in [0.2, 0.25) is 0 Å². The first-order valence-corrected chi connectivity index (χ1v) is 7.32. The Morgan fingerprint density at radius 1 is 0.952 bits per heavy atom. The van der Waals surface area contributed by atoms with Gasteiger partial charge in [0.1, 0.15) is 0 Å². The topological polar surface area (TPSA) is 36.0 Å². The van der Waals surface area contributed by atoms with Crippen LogP contribution in [0.15, 0.2) is 60.8 Å². The van der Waals surface area contributed by atoms with Crippen LogP contribution in [0.2, 0.25) is 0 Å². The number of aliphatic hydroxyl groups excluding tert-OH is 1. The lowest BCUT2D eigenvalue weighted by molar-refractivity contribution is 0.278. The lowest BCUT2D eigenvalue weighted by atomic mass is 9.90. The van der Waals surface area contributed by atoms with E-state index >= 15 is 0 Å². The Morgan fingerprint density at radius 3 is 2.62 bits per heavy atom. The van der Waals surface area contributed by atoms with Crippen molar-refractivity contribution in [2.45, 2.75) is 12.3 Å². The summed E-state index contributed by atoms with van der Waals surface area (Å²) in [6.07, 6.45) is 2.87. The number of hydrogen-bond donors (Lipinski definition) is 2. The van der Waals surface area contributed by atoms with Crippen molar-refractivity contribution < 1.29 is 5.11 Å². The number of fused-ring (bicyclic) bond motifs is 3. The number of benzene rings is 2. The number of aliphatic hydroxyl groups is 1. The highest BCUT2D eigenvalue weighted by Crippen LogP contribution is 2.41. The number of nitrogens with one attached hydrogen (secondary N) is 1. The Balaban J connectivity index is 1.86. The quantitative estimate of drug-likeness (QED) is 0.587. The van der Waals surface area contributed by atoms with Crippen molar-refractivity contribution >= 4 is 0 Å². The van der Waals surface area contributed by atoms with E-state index in [0.29, 0.717) is 0 Å². The van der Waals surface area contributed by atoms with Crippen LogP contribution in [0.4, 0.5) is 0 Å². The summed E-state index contributed by atoms with van der Waals surface area (Å²) in [5, 5.41) is 9.88. The monoisotopic (exact) mass is 275 g/mol. The molecular weight excluding hydrogens is 258 g/mol. The van der Waals surface area contributed by atoms with E-state index in [9.17, 15) is 5.11 Å². The predicted molar refractivity (Wildman–Crippen MR) is 84.4 cm³/mol. The highest BCUT2D eigenvalue weighted by molar-refractivity contribution is 5.78. The molecule has 0 amide bonds. The molecule has 0 aliphatic heterocycles. The molecule has 3 aromatic rings. The smallest absolute Gasteiger partial charge is 0.0555 e. The molecule has 0 fully saturated rings. The van der Waals surface area contributed by atoms with Gasteiger partial charge in [-0.2, -0.15) is 0 Å². The first-order chi connectivity index (χ1) is 10.4. The first kappa shape index (κ1) is 12.4. The van der Waals surface area contributed by atoms with Crippen LogP contribution in [0.1, 0.15) is 28.3 Å². The number of aromatic amines is 1. The second kappa shape index (κ2) is 4.90. The highest BCUT2D eigenvalue weighted by atomic mass is 16.3. The maximum Gasteiger partial charge on any atom is 0.0555 e. The zero-order valence-electron chi connectivity index (χ0n) is 11.7. The zero-order chi connectivity index (χ0) is 14.2. The molecule has 2 heteroatoms. The van der Waals surface area contributed by atoms with Crippen molar-refractivity contribution in [3.63, 3.8) is 0 Å². The Kier molecular flexibility index (Phi) is 2.90. The third-order valence-electron chi connectivity index (χ3n) is 4.44. The summed E-state index contributed by atoms with van der Waals surface area (Å²) in [7, 11) is 0. The van der Waals surface area contributed by atoms with Crippen molar-refractivity contribution in [1.82, 2.24) is 4.98 Å². The molecule has 21 heavy (non-hydrogen) atoms. The molecule has 1 heterocycles. The minimum atomic E-state index is 0.0178. The fourth-order valence-electron chi connectivity index (χ4n) is 3.43. The molecule has 0 saturated carbocycles. The minimum Gasteiger partial charge on any atom is -0.395 e. The fraction of sp³-hybridized carbons (Fsp3) is 0.158. The molecule has 0 radical (unpaired) electrons. The van der Waals surface area contributed by atoms with Crippen LogP contribution in [-0.2, 0) is 6.42 Å². The molecule has 1 atom stereocenters.